The van der Waals surface area contributed by atoms with Gasteiger partial charge in [-0.1, -0.05) is 23.2 Å². The summed E-state index contributed by atoms with van der Waals surface area (Å²) in [6.45, 7) is 0. The zero-order chi connectivity index (χ0) is 13.1. The van der Waals surface area contributed by atoms with Crippen LogP contribution in [-0.4, -0.2) is 5.11 Å². The highest BCUT2D eigenvalue weighted by atomic mass is 35.5. The van der Waals surface area contributed by atoms with Crippen molar-refractivity contribution in [2.75, 3.05) is 5.73 Å². The quantitative estimate of drug-likeness (QED) is 0.619. The van der Waals surface area contributed by atoms with E-state index < -0.39 is 0 Å². The van der Waals surface area contributed by atoms with Crippen LogP contribution in [0.1, 0.15) is 0 Å². The van der Waals surface area contributed by atoms with Crippen molar-refractivity contribution < 1.29 is 5.11 Å². The Labute approximate surface area is 114 Å². The Hall–Kier alpha value is -1.78. The number of halogens is 2. The van der Waals surface area contributed by atoms with Gasteiger partial charge in [-0.15, -0.1) is 5.11 Å². The summed E-state index contributed by atoms with van der Waals surface area (Å²) in [5.74, 6) is 0.164. The standard InChI is InChI=1S/C12H9Cl2N3O/c13-10-5-7(15)6-11(14)12(10)17-16-8-1-3-9(18)4-2-8/h1-6,18H,15H2. The highest BCUT2D eigenvalue weighted by Gasteiger charge is 2.06. The lowest BCUT2D eigenvalue weighted by Gasteiger charge is -2.02. The third kappa shape index (κ3) is 2.91. The highest BCUT2D eigenvalue weighted by Crippen LogP contribution is 2.36. The molecule has 0 aliphatic heterocycles. The Balaban J connectivity index is 2.31. The van der Waals surface area contributed by atoms with Gasteiger partial charge >= 0.3 is 0 Å². The molecule has 0 aromatic heterocycles. The molecule has 0 saturated heterocycles. The molecular weight excluding hydrogens is 273 g/mol. The summed E-state index contributed by atoms with van der Waals surface area (Å²) < 4.78 is 0. The van der Waals surface area contributed by atoms with Crippen LogP contribution in [0.15, 0.2) is 46.6 Å². The van der Waals surface area contributed by atoms with Crippen molar-refractivity contribution in [2.24, 2.45) is 10.2 Å². The van der Waals surface area contributed by atoms with E-state index in [0.29, 0.717) is 27.1 Å². The fourth-order valence-corrected chi connectivity index (χ4v) is 1.89. The first-order valence-electron chi connectivity index (χ1n) is 5.01. The summed E-state index contributed by atoms with van der Waals surface area (Å²) >= 11 is 11.9. The minimum Gasteiger partial charge on any atom is -0.508 e. The Morgan fingerprint density at radius 2 is 1.50 bits per heavy atom. The Kier molecular flexibility index (Phi) is 3.69. The molecule has 0 saturated carbocycles. The van der Waals surface area contributed by atoms with Crippen LogP contribution in [0.5, 0.6) is 5.75 Å². The topological polar surface area (TPSA) is 71.0 Å². The van der Waals surface area contributed by atoms with Gasteiger partial charge in [0.15, 0.2) is 0 Å². The first kappa shape index (κ1) is 12.7. The molecule has 4 nitrogen and oxygen atoms in total. The van der Waals surface area contributed by atoms with Gasteiger partial charge in [-0.3, -0.25) is 0 Å². The summed E-state index contributed by atoms with van der Waals surface area (Å²) in [6, 6.07) is 9.38. The summed E-state index contributed by atoms with van der Waals surface area (Å²) in [5, 5.41) is 17.7. The Bertz CT molecular complexity index is 574. The van der Waals surface area contributed by atoms with Crippen LogP contribution in [0.2, 0.25) is 10.0 Å². The number of hydrogen-bond donors (Lipinski definition) is 2. The third-order valence-electron chi connectivity index (χ3n) is 2.15. The number of nitrogens with zero attached hydrogens (tertiary/aromatic N) is 2. The summed E-state index contributed by atoms with van der Waals surface area (Å²) in [5.41, 5.74) is 6.99. The molecule has 0 aliphatic rings. The largest absolute Gasteiger partial charge is 0.508 e. The van der Waals surface area contributed by atoms with E-state index in [9.17, 15) is 0 Å². The van der Waals surface area contributed by atoms with Crippen LogP contribution in [0.3, 0.4) is 0 Å². The molecule has 0 amide bonds. The van der Waals surface area contributed by atoms with Gasteiger partial charge in [0, 0.05) is 5.69 Å². The van der Waals surface area contributed by atoms with Gasteiger partial charge in [-0.2, -0.15) is 5.11 Å². The molecular formula is C12H9Cl2N3O. The maximum atomic E-state index is 9.13. The number of benzene rings is 2. The molecule has 6 heteroatoms. The first-order chi connectivity index (χ1) is 8.56. The number of rotatable bonds is 2. The second-order valence-electron chi connectivity index (χ2n) is 3.55. The number of nitrogen functional groups attached to an aromatic ring is 1. The molecule has 0 heterocycles. The van der Waals surface area contributed by atoms with Crippen LogP contribution in [-0.2, 0) is 0 Å². The van der Waals surface area contributed by atoms with Crippen molar-refractivity contribution in [3.63, 3.8) is 0 Å². The molecule has 0 unspecified atom stereocenters. The molecule has 3 N–H and O–H groups in total. The number of aromatic hydroxyl groups is 1. The van der Waals surface area contributed by atoms with Gasteiger partial charge in [0.05, 0.1) is 15.7 Å². The van der Waals surface area contributed by atoms with Gasteiger partial charge in [0.2, 0.25) is 0 Å². The van der Waals surface area contributed by atoms with E-state index in [1.165, 1.54) is 12.1 Å². The second kappa shape index (κ2) is 5.25. The maximum Gasteiger partial charge on any atom is 0.123 e. The lowest BCUT2D eigenvalue weighted by Crippen LogP contribution is -1.84. The van der Waals surface area contributed by atoms with E-state index >= 15 is 0 Å². The molecule has 0 aliphatic carbocycles. The van der Waals surface area contributed by atoms with Crippen LogP contribution in [0.25, 0.3) is 0 Å². The summed E-state index contributed by atoms with van der Waals surface area (Å²) in [4.78, 5) is 0. The van der Waals surface area contributed by atoms with Gasteiger partial charge in [0.1, 0.15) is 11.4 Å². The molecule has 2 aromatic rings. The molecule has 92 valence electrons. The molecule has 2 aromatic carbocycles. The van der Waals surface area contributed by atoms with Crippen molar-refractivity contribution in [2.45, 2.75) is 0 Å². The van der Waals surface area contributed by atoms with Gasteiger partial charge in [0.25, 0.3) is 0 Å². The zero-order valence-corrected chi connectivity index (χ0v) is 10.7. The fraction of sp³-hybridized carbons (Fsp3) is 0. The van der Waals surface area contributed by atoms with E-state index in [4.69, 9.17) is 34.0 Å². The molecule has 0 radical (unpaired) electrons. The normalized spacial score (nSPS) is 11.0. The highest BCUT2D eigenvalue weighted by molar-refractivity contribution is 6.39. The van der Waals surface area contributed by atoms with Crippen molar-refractivity contribution in [1.29, 1.82) is 0 Å². The van der Waals surface area contributed by atoms with Gasteiger partial charge < -0.3 is 10.8 Å². The van der Waals surface area contributed by atoms with E-state index in [1.807, 2.05) is 0 Å². The number of hydrogen-bond acceptors (Lipinski definition) is 4. The van der Waals surface area contributed by atoms with E-state index in [2.05, 4.69) is 10.2 Å². The Morgan fingerprint density at radius 1 is 0.944 bits per heavy atom. The number of nitrogens with two attached hydrogens (primary N) is 1. The molecule has 18 heavy (non-hydrogen) atoms. The van der Waals surface area contributed by atoms with Crippen LogP contribution in [0.4, 0.5) is 17.1 Å². The van der Waals surface area contributed by atoms with Gasteiger partial charge in [-0.05, 0) is 36.4 Å². The Morgan fingerprint density at radius 3 is 2.06 bits per heavy atom. The smallest absolute Gasteiger partial charge is 0.123 e. The minimum absolute atomic E-state index is 0.164. The van der Waals surface area contributed by atoms with Crippen LogP contribution >= 0.6 is 23.2 Å². The average Bonchev–Trinajstić information content (AvgIpc) is 2.30. The second-order valence-corrected chi connectivity index (χ2v) is 4.36. The summed E-state index contributed by atoms with van der Waals surface area (Å²) in [6.07, 6.45) is 0. The molecule has 0 bridgehead atoms. The predicted molar refractivity (Wildman–Crippen MR) is 73.2 cm³/mol. The van der Waals surface area contributed by atoms with Crippen molar-refractivity contribution in [3.05, 3.63) is 46.4 Å². The lowest BCUT2D eigenvalue weighted by molar-refractivity contribution is 0.475. The maximum absolute atomic E-state index is 9.13. The van der Waals surface area contributed by atoms with Crippen molar-refractivity contribution in [1.82, 2.24) is 0 Å². The lowest BCUT2D eigenvalue weighted by atomic mass is 10.3. The molecule has 2 rings (SSSR count). The fourth-order valence-electron chi connectivity index (χ4n) is 1.31. The molecule has 0 atom stereocenters. The predicted octanol–water partition coefficient (Wildman–Crippen LogP) is 4.70. The molecule has 0 fully saturated rings. The first-order valence-corrected chi connectivity index (χ1v) is 5.77. The third-order valence-corrected chi connectivity index (χ3v) is 2.73. The number of azo groups is 1. The van der Waals surface area contributed by atoms with Crippen LogP contribution < -0.4 is 5.73 Å². The van der Waals surface area contributed by atoms with E-state index in [0.717, 1.165) is 0 Å². The van der Waals surface area contributed by atoms with E-state index in [-0.39, 0.29) is 5.75 Å². The van der Waals surface area contributed by atoms with Crippen molar-refractivity contribution >= 4 is 40.3 Å². The minimum atomic E-state index is 0.164. The SMILES string of the molecule is Nc1cc(Cl)c(N=Nc2ccc(O)cc2)c(Cl)c1. The monoisotopic (exact) mass is 281 g/mol. The number of phenols is 1. The average molecular weight is 282 g/mol. The van der Waals surface area contributed by atoms with Crippen molar-refractivity contribution in [3.8, 4) is 5.75 Å². The number of phenolic OH excluding ortho intramolecular Hbond substituents is 1. The van der Waals surface area contributed by atoms with Crippen LogP contribution in [0, 0.1) is 0 Å². The molecule has 0 spiro atoms. The van der Waals surface area contributed by atoms with Gasteiger partial charge in [-0.25, -0.2) is 0 Å². The van der Waals surface area contributed by atoms with E-state index in [1.54, 1.807) is 24.3 Å². The number of anilines is 1. The summed E-state index contributed by atoms with van der Waals surface area (Å²) in [7, 11) is 0. The zero-order valence-electron chi connectivity index (χ0n) is 9.14.